The number of hydrogen-bond donors (Lipinski definition) is 1. The Labute approximate surface area is 170 Å². The summed E-state index contributed by atoms with van der Waals surface area (Å²) in [6, 6.07) is 12.7. The normalized spacial score (nSPS) is 11.1. The van der Waals surface area contributed by atoms with Crippen molar-refractivity contribution in [2.75, 3.05) is 25.0 Å². The van der Waals surface area contributed by atoms with E-state index in [0.29, 0.717) is 16.5 Å². The van der Waals surface area contributed by atoms with Crippen molar-refractivity contribution in [2.24, 2.45) is 0 Å². The van der Waals surface area contributed by atoms with Crippen LogP contribution in [0.2, 0.25) is 5.02 Å². The molecule has 148 valence electrons. The Kier molecular flexibility index (Phi) is 7.80. The zero-order valence-electron chi connectivity index (χ0n) is 15.2. The van der Waals surface area contributed by atoms with E-state index < -0.39 is 15.9 Å². The molecule has 0 fully saturated rings. The number of halogens is 1. The Bertz CT molecular complexity index is 933. The van der Waals surface area contributed by atoms with Gasteiger partial charge in [0.05, 0.1) is 9.92 Å². The highest BCUT2D eigenvalue weighted by Gasteiger charge is 2.22. The maximum atomic E-state index is 12.6. The molecule has 2 aromatic carbocycles. The second-order valence-corrected chi connectivity index (χ2v) is 8.04. The van der Waals surface area contributed by atoms with Gasteiger partial charge in [0, 0.05) is 18.8 Å². The molecule has 0 spiro atoms. The minimum atomic E-state index is -3.68. The Morgan fingerprint density at radius 1 is 1.07 bits per heavy atom. The summed E-state index contributed by atoms with van der Waals surface area (Å²) < 4.78 is 31.9. The molecule has 28 heavy (non-hydrogen) atoms. The molecule has 0 saturated heterocycles. The second-order valence-electron chi connectivity index (χ2n) is 5.69. The van der Waals surface area contributed by atoms with Crippen LogP contribution in [0, 0.1) is 0 Å². The molecule has 0 aliphatic carbocycles. The molecule has 0 aliphatic heterocycles. The van der Waals surface area contributed by atoms with E-state index in [4.69, 9.17) is 16.3 Å². The van der Waals surface area contributed by atoms with Crippen LogP contribution in [0.15, 0.2) is 78.7 Å². The molecule has 0 atom stereocenters. The standard InChI is InChI=1S/C20H21ClN2O4S/c1-3-13-23(14-4-2)28(25,26)17-11-9-16(10-12-17)22-20(24)15-27-19-8-6-5-7-18(19)21/h3-12H,1-2,13-15H2,(H,22,24). The van der Waals surface area contributed by atoms with E-state index in [1.54, 1.807) is 24.3 Å². The van der Waals surface area contributed by atoms with Crippen LogP contribution in [0.25, 0.3) is 0 Å². The summed E-state index contributed by atoms with van der Waals surface area (Å²) in [5.74, 6) is 0.0146. The van der Waals surface area contributed by atoms with Gasteiger partial charge in [-0.3, -0.25) is 4.79 Å². The zero-order chi connectivity index (χ0) is 20.6. The first kappa shape index (κ1) is 21.7. The summed E-state index contributed by atoms with van der Waals surface area (Å²) in [5.41, 5.74) is 0.450. The van der Waals surface area contributed by atoms with Gasteiger partial charge in [-0.1, -0.05) is 35.9 Å². The van der Waals surface area contributed by atoms with Crippen LogP contribution in [-0.4, -0.2) is 38.3 Å². The van der Waals surface area contributed by atoms with Crippen LogP contribution < -0.4 is 10.1 Å². The van der Waals surface area contributed by atoms with Crippen molar-refractivity contribution in [3.05, 3.63) is 78.9 Å². The van der Waals surface area contributed by atoms with Gasteiger partial charge < -0.3 is 10.1 Å². The molecule has 0 unspecified atom stereocenters. The summed E-state index contributed by atoms with van der Waals surface area (Å²) in [6.45, 7) is 7.27. The summed E-state index contributed by atoms with van der Waals surface area (Å²) in [5, 5.41) is 3.05. The van der Waals surface area contributed by atoms with Crippen LogP contribution in [0.5, 0.6) is 5.75 Å². The second kappa shape index (κ2) is 10.1. The van der Waals surface area contributed by atoms with E-state index >= 15 is 0 Å². The van der Waals surface area contributed by atoms with Gasteiger partial charge in [-0.15, -0.1) is 13.2 Å². The number of carbonyl (C=O) groups is 1. The zero-order valence-corrected chi connectivity index (χ0v) is 16.7. The highest BCUT2D eigenvalue weighted by atomic mass is 35.5. The van der Waals surface area contributed by atoms with Crippen molar-refractivity contribution in [2.45, 2.75) is 4.90 Å². The van der Waals surface area contributed by atoms with Gasteiger partial charge in [0.1, 0.15) is 5.75 Å². The number of benzene rings is 2. The lowest BCUT2D eigenvalue weighted by Crippen LogP contribution is -2.31. The predicted molar refractivity (Wildman–Crippen MR) is 111 cm³/mol. The van der Waals surface area contributed by atoms with Crippen LogP contribution in [0.4, 0.5) is 5.69 Å². The lowest BCUT2D eigenvalue weighted by molar-refractivity contribution is -0.118. The van der Waals surface area contributed by atoms with E-state index in [9.17, 15) is 13.2 Å². The monoisotopic (exact) mass is 420 g/mol. The molecule has 6 nitrogen and oxygen atoms in total. The lowest BCUT2D eigenvalue weighted by Gasteiger charge is -2.19. The molecule has 0 heterocycles. The van der Waals surface area contributed by atoms with Crippen LogP contribution in [-0.2, 0) is 14.8 Å². The number of amides is 1. The molecular formula is C20H21ClN2O4S. The van der Waals surface area contributed by atoms with E-state index in [1.165, 1.54) is 40.7 Å². The maximum Gasteiger partial charge on any atom is 0.262 e. The third-order valence-corrected chi connectivity index (χ3v) is 5.79. The lowest BCUT2D eigenvalue weighted by atomic mass is 10.3. The quantitative estimate of drug-likeness (QED) is 0.594. The molecule has 0 saturated carbocycles. The Morgan fingerprint density at radius 2 is 1.68 bits per heavy atom. The molecule has 0 aromatic heterocycles. The van der Waals surface area contributed by atoms with E-state index in [-0.39, 0.29) is 24.6 Å². The summed E-state index contributed by atoms with van der Waals surface area (Å²) in [6.07, 6.45) is 3.02. The highest BCUT2D eigenvalue weighted by molar-refractivity contribution is 7.89. The third kappa shape index (κ3) is 5.69. The minimum Gasteiger partial charge on any atom is -0.482 e. The molecule has 2 aromatic rings. The Morgan fingerprint density at radius 3 is 2.25 bits per heavy atom. The van der Waals surface area contributed by atoms with Gasteiger partial charge in [-0.25, -0.2) is 8.42 Å². The number of hydrogen-bond acceptors (Lipinski definition) is 4. The summed E-state index contributed by atoms with van der Waals surface area (Å²) >= 11 is 5.97. The fourth-order valence-electron chi connectivity index (χ4n) is 2.32. The number of anilines is 1. The van der Waals surface area contributed by atoms with Gasteiger partial charge in [0.25, 0.3) is 5.91 Å². The SMILES string of the molecule is C=CCN(CC=C)S(=O)(=O)c1ccc(NC(=O)COc2ccccc2Cl)cc1. The Hall–Kier alpha value is -2.61. The topological polar surface area (TPSA) is 75.7 Å². The molecule has 1 N–H and O–H groups in total. The molecule has 0 aliphatic rings. The van der Waals surface area contributed by atoms with Crippen molar-refractivity contribution in [3.63, 3.8) is 0 Å². The number of rotatable bonds is 10. The average molecular weight is 421 g/mol. The average Bonchev–Trinajstić information content (AvgIpc) is 2.67. The third-order valence-electron chi connectivity index (χ3n) is 3.64. The molecule has 2 rings (SSSR count). The van der Waals surface area contributed by atoms with Crippen LogP contribution in [0.3, 0.4) is 0 Å². The van der Waals surface area contributed by atoms with Crippen LogP contribution >= 0.6 is 11.6 Å². The minimum absolute atomic E-state index is 0.113. The molecule has 0 bridgehead atoms. The highest BCUT2D eigenvalue weighted by Crippen LogP contribution is 2.23. The van der Waals surface area contributed by atoms with E-state index in [1.807, 2.05) is 0 Å². The van der Waals surface area contributed by atoms with Crippen molar-refractivity contribution >= 4 is 33.2 Å². The van der Waals surface area contributed by atoms with Gasteiger partial charge >= 0.3 is 0 Å². The predicted octanol–water partition coefficient (Wildman–Crippen LogP) is 3.72. The summed E-state index contributed by atoms with van der Waals surface area (Å²) in [4.78, 5) is 12.1. The number of carbonyl (C=O) groups excluding carboxylic acids is 1. The van der Waals surface area contributed by atoms with Crippen molar-refractivity contribution in [1.29, 1.82) is 0 Å². The number of sulfonamides is 1. The van der Waals surface area contributed by atoms with Gasteiger partial charge in [0.15, 0.2) is 6.61 Å². The van der Waals surface area contributed by atoms with E-state index in [0.717, 1.165) is 0 Å². The molecule has 0 radical (unpaired) electrons. The Balaban J connectivity index is 2.01. The summed E-state index contributed by atoms with van der Waals surface area (Å²) in [7, 11) is -3.68. The van der Waals surface area contributed by atoms with Crippen molar-refractivity contribution in [1.82, 2.24) is 4.31 Å². The first-order valence-corrected chi connectivity index (χ1v) is 10.2. The van der Waals surface area contributed by atoms with Gasteiger partial charge in [-0.05, 0) is 36.4 Å². The van der Waals surface area contributed by atoms with Gasteiger partial charge in [-0.2, -0.15) is 4.31 Å². The fourth-order valence-corrected chi connectivity index (χ4v) is 3.89. The fraction of sp³-hybridized carbons (Fsp3) is 0.150. The number of nitrogens with one attached hydrogen (secondary N) is 1. The number of ether oxygens (including phenoxy) is 1. The van der Waals surface area contributed by atoms with Crippen molar-refractivity contribution in [3.8, 4) is 5.75 Å². The van der Waals surface area contributed by atoms with Gasteiger partial charge in [0.2, 0.25) is 10.0 Å². The maximum absolute atomic E-state index is 12.6. The number of nitrogens with zero attached hydrogens (tertiary/aromatic N) is 1. The van der Waals surface area contributed by atoms with Crippen molar-refractivity contribution < 1.29 is 17.9 Å². The number of para-hydroxylation sites is 1. The smallest absolute Gasteiger partial charge is 0.262 e. The molecule has 8 heteroatoms. The first-order chi connectivity index (χ1) is 13.4. The molecule has 1 amide bonds. The van der Waals surface area contributed by atoms with E-state index in [2.05, 4.69) is 18.5 Å². The first-order valence-electron chi connectivity index (χ1n) is 8.37. The largest absolute Gasteiger partial charge is 0.482 e. The van der Waals surface area contributed by atoms with Crippen LogP contribution in [0.1, 0.15) is 0 Å². The molecular weight excluding hydrogens is 400 g/mol.